The van der Waals surface area contributed by atoms with Crippen LogP contribution in [0.3, 0.4) is 0 Å². The summed E-state index contributed by atoms with van der Waals surface area (Å²) >= 11 is 0. The maximum atomic E-state index is 14.1. The van der Waals surface area contributed by atoms with E-state index in [1.165, 1.54) is 12.1 Å². The number of aromatic amines is 1. The summed E-state index contributed by atoms with van der Waals surface area (Å²) in [4.78, 5) is 32.8. The smallest absolute Gasteiger partial charge is 0.322 e. The number of hydrogen-bond donors (Lipinski definition) is 2. The molecule has 1 atom stereocenters. The number of aromatic nitrogens is 1. The third-order valence-electron chi connectivity index (χ3n) is 6.18. The Morgan fingerprint density at radius 1 is 1.25 bits per heavy atom. The SMILES string of the molecule is CCN1CCC[C@H]1CN(Cc1cc2cc(C)ccc2[nH]c1=O)C(=O)Nc1ccccc1F. The van der Waals surface area contributed by atoms with Crippen molar-refractivity contribution in [3.8, 4) is 0 Å². The number of rotatable bonds is 6. The van der Waals surface area contributed by atoms with Crippen molar-refractivity contribution in [2.24, 2.45) is 0 Å². The first kappa shape index (κ1) is 22.0. The number of carbonyl (C=O) groups is 1. The highest BCUT2D eigenvalue weighted by Crippen LogP contribution is 2.21. The number of anilines is 1. The molecule has 6 nitrogen and oxygen atoms in total. The number of carbonyl (C=O) groups excluding carboxylic acids is 1. The summed E-state index contributed by atoms with van der Waals surface area (Å²) in [5, 5.41) is 3.61. The van der Waals surface area contributed by atoms with E-state index >= 15 is 0 Å². The van der Waals surface area contributed by atoms with Crippen LogP contribution in [0.25, 0.3) is 10.9 Å². The quantitative estimate of drug-likeness (QED) is 0.598. The fourth-order valence-corrected chi connectivity index (χ4v) is 4.44. The van der Waals surface area contributed by atoms with Gasteiger partial charge in [0.05, 0.1) is 12.2 Å². The van der Waals surface area contributed by atoms with Crippen LogP contribution in [0, 0.1) is 12.7 Å². The number of amides is 2. The number of benzene rings is 2. The van der Waals surface area contributed by atoms with E-state index in [4.69, 9.17) is 0 Å². The van der Waals surface area contributed by atoms with Gasteiger partial charge >= 0.3 is 6.03 Å². The van der Waals surface area contributed by atoms with Gasteiger partial charge in [-0.15, -0.1) is 0 Å². The number of hydrogen-bond acceptors (Lipinski definition) is 3. The number of nitrogens with zero attached hydrogens (tertiary/aromatic N) is 2. The number of aryl methyl sites for hydroxylation is 1. The summed E-state index contributed by atoms with van der Waals surface area (Å²) < 4.78 is 14.1. The number of likely N-dealkylation sites (N-methyl/N-ethyl adjacent to an activating group) is 1. The molecule has 1 aliphatic rings. The highest BCUT2D eigenvalue weighted by atomic mass is 19.1. The number of fused-ring (bicyclic) bond motifs is 1. The molecule has 0 unspecified atom stereocenters. The number of H-pyrrole nitrogens is 1. The molecule has 0 aliphatic carbocycles. The van der Waals surface area contributed by atoms with Gasteiger partial charge in [0.15, 0.2) is 0 Å². The Labute approximate surface area is 187 Å². The van der Waals surface area contributed by atoms with Crippen molar-refractivity contribution in [2.75, 3.05) is 25.0 Å². The molecular formula is C25H29FN4O2. The minimum atomic E-state index is -0.490. The summed E-state index contributed by atoms with van der Waals surface area (Å²) in [6.07, 6.45) is 2.07. The lowest BCUT2D eigenvalue weighted by molar-refractivity contribution is 0.174. The average molecular weight is 437 g/mol. The molecule has 1 saturated heterocycles. The van der Waals surface area contributed by atoms with Crippen LogP contribution in [-0.2, 0) is 6.54 Å². The summed E-state index contributed by atoms with van der Waals surface area (Å²) in [6, 6.07) is 13.6. The molecule has 1 fully saturated rings. The molecule has 168 valence electrons. The zero-order valence-corrected chi connectivity index (χ0v) is 18.5. The van der Waals surface area contributed by atoms with Gasteiger partial charge < -0.3 is 15.2 Å². The van der Waals surface area contributed by atoms with Crippen molar-refractivity contribution in [2.45, 2.75) is 39.3 Å². The summed E-state index contributed by atoms with van der Waals surface area (Å²) in [5.41, 5.74) is 2.27. The minimum absolute atomic E-state index is 0.129. The topological polar surface area (TPSA) is 68.4 Å². The molecule has 0 radical (unpaired) electrons. The van der Waals surface area contributed by atoms with Crippen LogP contribution < -0.4 is 10.9 Å². The van der Waals surface area contributed by atoms with Crippen molar-refractivity contribution in [1.82, 2.24) is 14.8 Å². The van der Waals surface area contributed by atoms with Crippen molar-refractivity contribution in [3.63, 3.8) is 0 Å². The van der Waals surface area contributed by atoms with Gasteiger partial charge in [-0.2, -0.15) is 0 Å². The average Bonchev–Trinajstić information content (AvgIpc) is 3.22. The molecule has 0 bridgehead atoms. The van der Waals surface area contributed by atoms with Crippen LogP contribution in [0.5, 0.6) is 0 Å². The van der Waals surface area contributed by atoms with Crippen LogP contribution >= 0.6 is 0 Å². The first-order chi connectivity index (χ1) is 15.4. The lowest BCUT2D eigenvalue weighted by atomic mass is 10.1. The molecule has 1 aromatic heterocycles. The van der Waals surface area contributed by atoms with Gasteiger partial charge in [-0.1, -0.05) is 30.7 Å². The molecule has 2 heterocycles. The van der Waals surface area contributed by atoms with Gasteiger partial charge in [0.2, 0.25) is 0 Å². The second-order valence-electron chi connectivity index (χ2n) is 8.43. The molecule has 2 aromatic carbocycles. The van der Waals surface area contributed by atoms with Gasteiger partial charge in [0.25, 0.3) is 5.56 Å². The van der Waals surface area contributed by atoms with Crippen LogP contribution in [0.1, 0.15) is 30.9 Å². The van der Waals surface area contributed by atoms with Crippen molar-refractivity contribution >= 4 is 22.6 Å². The lowest BCUT2D eigenvalue weighted by Gasteiger charge is -2.30. The van der Waals surface area contributed by atoms with Crippen LogP contribution in [0.4, 0.5) is 14.9 Å². The lowest BCUT2D eigenvalue weighted by Crippen LogP contribution is -2.45. The Balaban J connectivity index is 1.63. The minimum Gasteiger partial charge on any atom is -0.322 e. The van der Waals surface area contributed by atoms with Gasteiger partial charge in [-0.25, -0.2) is 9.18 Å². The van der Waals surface area contributed by atoms with E-state index in [-0.39, 0.29) is 23.8 Å². The molecule has 7 heteroatoms. The predicted octanol–water partition coefficient (Wildman–Crippen LogP) is 4.49. The maximum Gasteiger partial charge on any atom is 0.322 e. The van der Waals surface area contributed by atoms with Crippen molar-refractivity contribution in [1.29, 1.82) is 0 Å². The number of likely N-dealkylation sites (tertiary alicyclic amines) is 1. The Hall–Kier alpha value is -3.19. The molecule has 32 heavy (non-hydrogen) atoms. The third kappa shape index (κ3) is 4.83. The van der Waals surface area contributed by atoms with Crippen LogP contribution in [0.2, 0.25) is 0 Å². The Morgan fingerprint density at radius 2 is 2.06 bits per heavy atom. The fourth-order valence-electron chi connectivity index (χ4n) is 4.44. The number of urea groups is 1. The molecule has 3 aromatic rings. The Bertz CT molecular complexity index is 1180. The molecule has 2 N–H and O–H groups in total. The number of nitrogens with one attached hydrogen (secondary N) is 2. The zero-order chi connectivity index (χ0) is 22.7. The van der Waals surface area contributed by atoms with Gasteiger partial charge in [-0.05, 0) is 68.6 Å². The number of pyridine rings is 1. The summed E-state index contributed by atoms with van der Waals surface area (Å²) in [5.74, 6) is -0.490. The zero-order valence-electron chi connectivity index (χ0n) is 18.5. The maximum absolute atomic E-state index is 14.1. The standard InChI is InChI=1S/C25H29FN4O2/c1-3-29-12-6-7-20(29)16-30(25(32)28-23-9-5-4-8-21(23)26)15-19-14-18-13-17(2)10-11-22(18)27-24(19)31/h4-5,8-11,13-14,20H,3,6-7,12,15-16H2,1-2H3,(H,27,31)(H,28,32)/t20-/m0/s1. The van der Waals surface area contributed by atoms with E-state index in [1.807, 2.05) is 31.2 Å². The van der Waals surface area contributed by atoms with Crippen LogP contribution in [0.15, 0.2) is 53.3 Å². The predicted molar refractivity (Wildman–Crippen MR) is 125 cm³/mol. The van der Waals surface area contributed by atoms with Crippen molar-refractivity contribution < 1.29 is 9.18 Å². The van der Waals surface area contributed by atoms with Gasteiger partial charge in [-0.3, -0.25) is 9.69 Å². The Morgan fingerprint density at radius 3 is 2.84 bits per heavy atom. The summed E-state index contributed by atoms with van der Waals surface area (Å²) in [6.45, 7) is 6.63. The molecule has 4 rings (SSSR count). The number of para-hydroxylation sites is 1. The molecule has 1 aliphatic heterocycles. The van der Waals surface area contributed by atoms with E-state index < -0.39 is 11.8 Å². The third-order valence-corrected chi connectivity index (χ3v) is 6.18. The summed E-state index contributed by atoms with van der Waals surface area (Å²) in [7, 11) is 0. The molecule has 0 spiro atoms. The monoisotopic (exact) mass is 436 g/mol. The van der Waals surface area contributed by atoms with E-state index in [0.29, 0.717) is 12.1 Å². The molecular weight excluding hydrogens is 407 g/mol. The van der Waals surface area contributed by atoms with E-state index in [9.17, 15) is 14.0 Å². The van der Waals surface area contributed by atoms with E-state index in [0.717, 1.165) is 42.4 Å². The largest absolute Gasteiger partial charge is 0.322 e. The number of halogens is 1. The van der Waals surface area contributed by atoms with Gasteiger partial charge in [0.1, 0.15) is 5.82 Å². The first-order valence-electron chi connectivity index (χ1n) is 11.1. The van der Waals surface area contributed by atoms with Crippen molar-refractivity contribution in [3.05, 3.63) is 75.8 Å². The fraction of sp³-hybridized carbons (Fsp3) is 0.360. The second-order valence-corrected chi connectivity index (χ2v) is 8.43. The highest BCUT2D eigenvalue weighted by molar-refractivity contribution is 5.89. The molecule has 2 amide bonds. The second kappa shape index (κ2) is 9.53. The Kier molecular flexibility index (Phi) is 6.55. The normalized spacial score (nSPS) is 16.4. The highest BCUT2D eigenvalue weighted by Gasteiger charge is 2.28. The van der Waals surface area contributed by atoms with Crippen LogP contribution in [-0.4, -0.2) is 46.5 Å². The van der Waals surface area contributed by atoms with E-state index in [1.54, 1.807) is 17.0 Å². The molecule has 0 saturated carbocycles. The van der Waals surface area contributed by atoms with Gasteiger partial charge in [0, 0.05) is 23.7 Å². The van der Waals surface area contributed by atoms with E-state index in [2.05, 4.69) is 22.1 Å². The first-order valence-corrected chi connectivity index (χ1v) is 11.1.